The molecule has 1 amide bonds. The fraction of sp³-hybridized carbons (Fsp3) is 0.636. The second-order valence-electron chi connectivity index (χ2n) is 4.85. The summed E-state index contributed by atoms with van der Waals surface area (Å²) in [7, 11) is 0. The quantitative estimate of drug-likeness (QED) is 0.813. The van der Waals surface area contributed by atoms with E-state index in [9.17, 15) is 4.79 Å². The first-order chi connectivity index (χ1) is 9.83. The molecule has 0 saturated carbocycles. The number of nitrogens with one attached hydrogen (secondary N) is 1. The Morgan fingerprint density at radius 2 is 2.25 bits per heavy atom. The molecule has 9 heteroatoms. The minimum Gasteiger partial charge on any atom is -0.343 e. The molecule has 1 fully saturated rings. The zero-order valence-corrected chi connectivity index (χ0v) is 11.0. The van der Waals surface area contributed by atoms with Crippen LogP contribution in [0.25, 0.3) is 0 Å². The number of aryl methyl sites for hydroxylation is 1. The smallest absolute Gasteiger partial charge is 0.224 e. The van der Waals surface area contributed by atoms with Crippen molar-refractivity contribution in [1.82, 2.24) is 40.3 Å². The fourth-order valence-electron chi connectivity index (χ4n) is 2.46. The van der Waals surface area contributed by atoms with E-state index in [1.54, 1.807) is 4.68 Å². The minimum absolute atomic E-state index is 0.150. The Balaban J connectivity index is 1.46. The van der Waals surface area contributed by atoms with Crippen molar-refractivity contribution in [2.45, 2.75) is 31.7 Å². The van der Waals surface area contributed by atoms with Gasteiger partial charge in [-0.05, 0) is 23.3 Å². The van der Waals surface area contributed by atoms with Crippen LogP contribution in [0.15, 0.2) is 12.7 Å². The van der Waals surface area contributed by atoms with Crippen LogP contribution in [0.4, 0.5) is 0 Å². The number of carbonyl (C=O) groups excluding carboxylic acids is 1. The van der Waals surface area contributed by atoms with Gasteiger partial charge in [-0.15, -0.1) is 5.10 Å². The lowest BCUT2D eigenvalue weighted by Crippen LogP contribution is -2.38. The van der Waals surface area contributed by atoms with Gasteiger partial charge in [0.05, 0.1) is 6.54 Å². The van der Waals surface area contributed by atoms with Crippen molar-refractivity contribution in [3.63, 3.8) is 0 Å². The van der Waals surface area contributed by atoms with Gasteiger partial charge in [0.15, 0.2) is 0 Å². The number of hydrogen-bond acceptors (Lipinski definition) is 6. The van der Waals surface area contributed by atoms with Gasteiger partial charge >= 0.3 is 0 Å². The van der Waals surface area contributed by atoms with Crippen LogP contribution in [0, 0.1) is 0 Å². The number of carbonyl (C=O) groups is 1. The molecule has 0 aromatic carbocycles. The van der Waals surface area contributed by atoms with Gasteiger partial charge < -0.3 is 4.90 Å². The van der Waals surface area contributed by atoms with Gasteiger partial charge in [-0.1, -0.05) is 0 Å². The molecule has 0 radical (unpaired) electrons. The lowest BCUT2D eigenvalue weighted by molar-refractivity contribution is -0.132. The Labute approximate surface area is 115 Å². The van der Waals surface area contributed by atoms with Crippen molar-refractivity contribution < 1.29 is 4.79 Å². The van der Waals surface area contributed by atoms with Crippen LogP contribution in [-0.4, -0.2) is 59.3 Å². The molecule has 1 N–H and O–H groups in total. The number of amides is 1. The number of H-pyrrole nitrogens is 1. The highest BCUT2D eigenvalue weighted by atomic mass is 16.2. The molecule has 0 aliphatic carbocycles. The molecular weight excluding hydrogens is 260 g/mol. The summed E-state index contributed by atoms with van der Waals surface area (Å²) >= 11 is 0. The Morgan fingerprint density at radius 1 is 1.40 bits per heavy atom. The lowest BCUT2D eigenvalue weighted by atomic mass is 9.96. The number of likely N-dealkylation sites (tertiary alicyclic amines) is 1. The van der Waals surface area contributed by atoms with Gasteiger partial charge in [-0.2, -0.15) is 5.10 Å². The second kappa shape index (κ2) is 5.76. The Bertz CT molecular complexity index is 529. The normalized spacial score (nSPS) is 16.5. The summed E-state index contributed by atoms with van der Waals surface area (Å²) < 4.78 is 1.57. The van der Waals surface area contributed by atoms with Crippen LogP contribution >= 0.6 is 0 Å². The average Bonchev–Trinajstić information content (AvgIpc) is 3.18. The number of aromatic amines is 1. The molecule has 0 unspecified atom stereocenters. The van der Waals surface area contributed by atoms with Gasteiger partial charge in [0, 0.05) is 25.4 Å². The number of aromatic nitrogens is 7. The maximum atomic E-state index is 12.1. The number of tetrazole rings is 1. The van der Waals surface area contributed by atoms with E-state index in [1.165, 1.54) is 12.7 Å². The van der Waals surface area contributed by atoms with E-state index in [1.807, 2.05) is 4.90 Å². The zero-order valence-electron chi connectivity index (χ0n) is 11.0. The molecule has 3 rings (SSSR count). The first-order valence-electron chi connectivity index (χ1n) is 6.67. The van der Waals surface area contributed by atoms with Gasteiger partial charge in [0.25, 0.3) is 0 Å². The van der Waals surface area contributed by atoms with E-state index in [0.29, 0.717) is 18.9 Å². The zero-order chi connectivity index (χ0) is 13.8. The summed E-state index contributed by atoms with van der Waals surface area (Å²) in [6.45, 7) is 2.05. The molecule has 106 valence electrons. The standard InChI is InChI=1S/C11H16N8O/c20-10(3-6-19-8-14-16-17-19)18-4-1-9(2-5-18)11-12-7-13-15-11/h7-9H,1-6H2,(H,12,13,15). The molecule has 0 atom stereocenters. The van der Waals surface area contributed by atoms with E-state index < -0.39 is 0 Å². The summed E-state index contributed by atoms with van der Waals surface area (Å²) in [4.78, 5) is 18.2. The van der Waals surface area contributed by atoms with Crippen molar-refractivity contribution >= 4 is 5.91 Å². The van der Waals surface area contributed by atoms with E-state index >= 15 is 0 Å². The van der Waals surface area contributed by atoms with Gasteiger partial charge in [0.2, 0.25) is 5.91 Å². The number of hydrogen-bond donors (Lipinski definition) is 1. The minimum atomic E-state index is 0.150. The second-order valence-corrected chi connectivity index (χ2v) is 4.85. The van der Waals surface area contributed by atoms with Crippen LogP contribution < -0.4 is 0 Å². The van der Waals surface area contributed by atoms with Crippen LogP contribution in [0.1, 0.15) is 31.0 Å². The third-order valence-electron chi connectivity index (χ3n) is 3.61. The van der Waals surface area contributed by atoms with Crippen LogP contribution in [0.5, 0.6) is 0 Å². The highest BCUT2D eigenvalue weighted by Gasteiger charge is 2.25. The molecule has 1 aliphatic heterocycles. The molecule has 9 nitrogen and oxygen atoms in total. The number of rotatable bonds is 4. The molecule has 2 aromatic rings. The predicted octanol–water partition coefficient (Wildman–Crippen LogP) is -0.412. The maximum Gasteiger partial charge on any atom is 0.224 e. The largest absolute Gasteiger partial charge is 0.343 e. The summed E-state index contributed by atoms with van der Waals surface area (Å²) in [5.41, 5.74) is 0. The molecule has 20 heavy (non-hydrogen) atoms. The van der Waals surface area contributed by atoms with Crippen molar-refractivity contribution in [1.29, 1.82) is 0 Å². The first-order valence-corrected chi connectivity index (χ1v) is 6.67. The highest BCUT2D eigenvalue weighted by Crippen LogP contribution is 2.25. The Hall–Kier alpha value is -2.32. The number of nitrogens with zero attached hydrogens (tertiary/aromatic N) is 7. The monoisotopic (exact) mass is 276 g/mol. The molecule has 0 bridgehead atoms. The topological polar surface area (TPSA) is 105 Å². The summed E-state index contributed by atoms with van der Waals surface area (Å²) in [5, 5.41) is 17.6. The van der Waals surface area contributed by atoms with Crippen LogP contribution in [0.3, 0.4) is 0 Å². The van der Waals surface area contributed by atoms with E-state index in [0.717, 1.165) is 31.8 Å². The highest BCUT2D eigenvalue weighted by molar-refractivity contribution is 5.76. The average molecular weight is 276 g/mol. The fourth-order valence-corrected chi connectivity index (χ4v) is 2.46. The lowest BCUT2D eigenvalue weighted by Gasteiger charge is -2.31. The molecule has 1 aliphatic rings. The van der Waals surface area contributed by atoms with Crippen molar-refractivity contribution in [2.75, 3.05) is 13.1 Å². The third-order valence-corrected chi connectivity index (χ3v) is 3.61. The van der Waals surface area contributed by atoms with Crippen molar-refractivity contribution in [2.24, 2.45) is 0 Å². The molecule has 3 heterocycles. The van der Waals surface area contributed by atoms with Crippen LogP contribution in [-0.2, 0) is 11.3 Å². The van der Waals surface area contributed by atoms with Gasteiger partial charge in [0.1, 0.15) is 18.5 Å². The van der Waals surface area contributed by atoms with Crippen molar-refractivity contribution in [3.05, 3.63) is 18.5 Å². The summed E-state index contributed by atoms with van der Waals surface area (Å²) in [6.07, 6.45) is 5.32. The third kappa shape index (κ3) is 2.81. The van der Waals surface area contributed by atoms with Gasteiger partial charge in [-0.25, -0.2) is 9.67 Å². The Kier molecular flexibility index (Phi) is 3.66. The van der Waals surface area contributed by atoms with Crippen LogP contribution in [0.2, 0.25) is 0 Å². The molecule has 0 spiro atoms. The number of piperidine rings is 1. The predicted molar refractivity (Wildman–Crippen MR) is 67.4 cm³/mol. The molecule has 2 aromatic heterocycles. The van der Waals surface area contributed by atoms with E-state index in [4.69, 9.17) is 0 Å². The van der Waals surface area contributed by atoms with E-state index in [-0.39, 0.29) is 5.91 Å². The summed E-state index contributed by atoms with van der Waals surface area (Å²) in [5.74, 6) is 1.45. The Morgan fingerprint density at radius 3 is 2.90 bits per heavy atom. The molecular formula is C11H16N8O. The van der Waals surface area contributed by atoms with Crippen molar-refractivity contribution in [3.8, 4) is 0 Å². The van der Waals surface area contributed by atoms with E-state index in [2.05, 4.69) is 30.7 Å². The molecule has 1 saturated heterocycles. The SMILES string of the molecule is O=C(CCn1cnnn1)N1CCC(c2ncn[nH]2)CC1. The van der Waals surface area contributed by atoms with Gasteiger partial charge in [-0.3, -0.25) is 9.89 Å². The first kappa shape index (κ1) is 12.7. The summed E-state index contributed by atoms with van der Waals surface area (Å²) in [6, 6.07) is 0. The maximum absolute atomic E-state index is 12.1.